The van der Waals surface area contributed by atoms with Crippen molar-refractivity contribution in [3.05, 3.63) is 71.3 Å². The maximum Gasteiger partial charge on any atom is 0.224 e. The second-order valence-corrected chi connectivity index (χ2v) is 7.67. The van der Waals surface area contributed by atoms with Crippen LogP contribution < -0.4 is 10.6 Å². The minimum Gasteiger partial charge on any atom is -0.353 e. The molecule has 2 aromatic rings. The summed E-state index contributed by atoms with van der Waals surface area (Å²) in [5.41, 5.74) is 1.78. The number of piperidine rings is 1. The fraction of sp³-hybridized carbons (Fsp3) is 0.435. The molecule has 1 saturated heterocycles. The minimum atomic E-state index is -0.292. The van der Waals surface area contributed by atoms with E-state index in [4.69, 9.17) is 0 Å². The first-order valence-electron chi connectivity index (χ1n) is 10.2. The number of rotatable bonds is 8. The molecule has 2 aromatic carbocycles. The molecule has 1 heterocycles. The van der Waals surface area contributed by atoms with Crippen molar-refractivity contribution < 1.29 is 13.6 Å². The van der Waals surface area contributed by atoms with Gasteiger partial charge in [-0.25, -0.2) is 8.78 Å². The number of carbonyl (C=O) groups excluding carboxylic acids is 1. The van der Waals surface area contributed by atoms with E-state index < -0.39 is 0 Å². The van der Waals surface area contributed by atoms with E-state index in [0.717, 1.165) is 50.0 Å². The van der Waals surface area contributed by atoms with Crippen LogP contribution in [-0.2, 0) is 11.2 Å². The Balaban J connectivity index is 1.39. The van der Waals surface area contributed by atoms with Crippen LogP contribution in [0.3, 0.4) is 0 Å². The number of hydrogen-bond acceptors (Lipinski definition) is 3. The molecule has 6 heteroatoms. The van der Waals surface area contributed by atoms with Gasteiger partial charge in [-0.1, -0.05) is 24.3 Å². The van der Waals surface area contributed by atoms with Crippen LogP contribution in [0.2, 0.25) is 0 Å². The largest absolute Gasteiger partial charge is 0.353 e. The molecule has 156 valence electrons. The summed E-state index contributed by atoms with van der Waals surface area (Å²) in [7, 11) is 1.90. The second kappa shape index (κ2) is 10.5. The molecule has 29 heavy (non-hydrogen) atoms. The summed E-state index contributed by atoms with van der Waals surface area (Å²) in [5, 5.41) is 6.37. The molecule has 0 aromatic heterocycles. The van der Waals surface area contributed by atoms with E-state index in [1.807, 2.05) is 13.1 Å². The first-order chi connectivity index (χ1) is 14.0. The van der Waals surface area contributed by atoms with Crippen molar-refractivity contribution >= 4 is 5.91 Å². The zero-order chi connectivity index (χ0) is 20.6. The molecule has 3 rings (SSSR count). The molecule has 1 aliphatic rings. The van der Waals surface area contributed by atoms with Gasteiger partial charge in [0.15, 0.2) is 0 Å². The van der Waals surface area contributed by atoms with E-state index in [2.05, 4.69) is 15.5 Å². The first kappa shape index (κ1) is 21.4. The van der Waals surface area contributed by atoms with Gasteiger partial charge in [-0.3, -0.25) is 4.79 Å². The van der Waals surface area contributed by atoms with E-state index >= 15 is 0 Å². The Labute approximate surface area is 171 Å². The Morgan fingerprint density at radius 2 is 1.83 bits per heavy atom. The lowest BCUT2D eigenvalue weighted by Crippen LogP contribution is -2.45. The molecule has 0 bridgehead atoms. The van der Waals surface area contributed by atoms with Gasteiger partial charge in [0.05, 0.1) is 6.42 Å². The number of nitrogens with zero attached hydrogens (tertiary/aromatic N) is 1. The third-order valence-corrected chi connectivity index (χ3v) is 5.56. The third-order valence-electron chi connectivity index (χ3n) is 5.56. The number of nitrogens with one attached hydrogen (secondary N) is 2. The van der Waals surface area contributed by atoms with Crippen LogP contribution in [0.5, 0.6) is 0 Å². The number of hydrogen-bond donors (Lipinski definition) is 2. The number of amides is 1. The molecule has 0 unspecified atom stereocenters. The Bertz CT molecular complexity index is 789. The molecule has 0 aliphatic carbocycles. The normalized spacial score (nSPS) is 16.5. The van der Waals surface area contributed by atoms with E-state index in [1.54, 1.807) is 24.3 Å². The van der Waals surface area contributed by atoms with E-state index in [-0.39, 0.29) is 36.0 Å². The van der Waals surface area contributed by atoms with Gasteiger partial charge in [0, 0.05) is 25.2 Å². The number of carbonyl (C=O) groups is 1. The van der Waals surface area contributed by atoms with Gasteiger partial charge < -0.3 is 15.5 Å². The van der Waals surface area contributed by atoms with Crippen LogP contribution in [0.25, 0.3) is 0 Å². The van der Waals surface area contributed by atoms with Gasteiger partial charge in [-0.05, 0) is 68.2 Å². The Morgan fingerprint density at radius 3 is 2.48 bits per heavy atom. The Hall–Kier alpha value is -2.31. The third kappa shape index (κ3) is 6.61. The fourth-order valence-corrected chi connectivity index (χ4v) is 3.88. The SMILES string of the molecule is CN[C@@H](CCN1CCC(NC(=O)Cc2ccc(F)cc2)CC1)c1cccc(F)c1. The molecule has 4 nitrogen and oxygen atoms in total. The van der Waals surface area contributed by atoms with E-state index in [9.17, 15) is 13.6 Å². The summed E-state index contributed by atoms with van der Waals surface area (Å²) in [6, 6.07) is 13.1. The van der Waals surface area contributed by atoms with Crippen molar-refractivity contribution in [2.75, 3.05) is 26.7 Å². The summed E-state index contributed by atoms with van der Waals surface area (Å²) >= 11 is 0. The van der Waals surface area contributed by atoms with Crippen molar-refractivity contribution in [1.29, 1.82) is 0 Å². The lowest BCUT2D eigenvalue weighted by atomic mass is 10.0. The second-order valence-electron chi connectivity index (χ2n) is 7.67. The highest BCUT2D eigenvalue weighted by atomic mass is 19.1. The summed E-state index contributed by atoms with van der Waals surface area (Å²) in [4.78, 5) is 14.6. The monoisotopic (exact) mass is 401 g/mol. The van der Waals surface area contributed by atoms with Crippen molar-refractivity contribution in [2.24, 2.45) is 0 Å². The molecule has 1 amide bonds. The van der Waals surface area contributed by atoms with Crippen molar-refractivity contribution in [3.63, 3.8) is 0 Å². The number of benzene rings is 2. The highest BCUT2D eigenvalue weighted by Gasteiger charge is 2.21. The van der Waals surface area contributed by atoms with E-state index in [0.29, 0.717) is 0 Å². The molecule has 0 spiro atoms. The Morgan fingerprint density at radius 1 is 1.10 bits per heavy atom. The topological polar surface area (TPSA) is 44.4 Å². The molecule has 0 saturated carbocycles. The standard InChI is InChI=1S/C23H29F2N3O/c1-26-22(18-3-2-4-20(25)16-18)11-14-28-12-9-21(10-13-28)27-23(29)15-17-5-7-19(24)8-6-17/h2-8,16,21-22,26H,9-15H2,1H3,(H,27,29)/t22-/m0/s1. The molecule has 1 aliphatic heterocycles. The van der Waals surface area contributed by atoms with Crippen LogP contribution in [0.1, 0.15) is 36.4 Å². The predicted octanol–water partition coefficient (Wildman–Crippen LogP) is 3.44. The Kier molecular flexibility index (Phi) is 7.72. The van der Waals surface area contributed by atoms with Gasteiger partial charge in [-0.15, -0.1) is 0 Å². The highest BCUT2D eigenvalue weighted by molar-refractivity contribution is 5.78. The van der Waals surface area contributed by atoms with Crippen molar-refractivity contribution in [2.45, 2.75) is 37.8 Å². The maximum absolute atomic E-state index is 13.5. The summed E-state index contributed by atoms with van der Waals surface area (Å²) in [6.07, 6.45) is 3.01. The molecule has 0 radical (unpaired) electrons. The molecular weight excluding hydrogens is 372 g/mol. The quantitative estimate of drug-likeness (QED) is 0.712. The van der Waals surface area contributed by atoms with Gasteiger partial charge in [-0.2, -0.15) is 0 Å². The zero-order valence-electron chi connectivity index (χ0n) is 16.8. The molecule has 1 atom stereocenters. The van der Waals surface area contributed by atoms with Gasteiger partial charge in [0.1, 0.15) is 11.6 Å². The first-order valence-corrected chi connectivity index (χ1v) is 10.2. The molecule has 2 N–H and O–H groups in total. The smallest absolute Gasteiger partial charge is 0.224 e. The van der Waals surface area contributed by atoms with Crippen LogP contribution in [0, 0.1) is 11.6 Å². The fourth-order valence-electron chi connectivity index (χ4n) is 3.88. The maximum atomic E-state index is 13.5. The van der Waals surface area contributed by atoms with E-state index in [1.165, 1.54) is 18.2 Å². The van der Waals surface area contributed by atoms with Crippen LogP contribution in [0.15, 0.2) is 48.5 Å². The van der Waals surface area contributed by atoms with Crippen molar-refractivity contribution in [1.82, 2.24) is 15.5 Å². The predicted molar refractivity (Wildman–Crippen MR) is 111 cm³/mol. The molecule has 1 fully saturated rings. The summed E-state index contributed by atoms with van der Waals surface area (Å²) < 4.78 is 26.4. The van der Waals surface area contributed by atoms with Crippen LogP contribution in [0.4, 0.5) is 8.78 Å². The number of halogens is 2. The zero-order valence-corrected chi connectivity index (χ0v) is 16.8. The average Bonchev–Trinajstić information content (AvgIpc) is 2.71. The summed E-state index contributed by atoms with van der Waals surface area (Å²) in [5.74, 6) is -0.518. The average molecular weight is 402 g/mol. The lowest BCUT2D eigenvalue weighted by molar-refractivity contribution is -0.121. The van der Waals surface area contributed by atoms with Crippen LogP contribution >= 0.6 is 0 Å². The highest BCUT2D eigenvalue weighted by Crippen LogP contribution is 2.19. The van der Waals surface area contributed by atoms with Gasteiger partial charge in [0.25, 0.3) is 0 Å². The van der Waals surface area contributed by atoms with Crippen molar-refractivity contribution in [3.8, 4) is 0 Å². The molecular formula is C23H29F2N3O. The minimum absolute atomic E-state index is 0.0172. The van der Waals surface area contributed by atoms with Crippen LogP contribution in [-0.4, -0.2) is 43.5 Å². The lowest BCUT2D eigenvalue weighted by Gasteiger charge is -2.33. The van der Waals surface area contributed by atoms with Gasteiger partial charge in [0.2, 0.25) is 5.91 Å². The number of likely N-dealkylation sites (tertiary alicyclic amines) is 1. The van der Waals surface area contributed by atoms with Gasteiger partial charge >= 0.3 is 0 Å². The summed E-state index contributed by atoms with van der Waals surface area (Å²) in [6.45, 7) is 2.79.